The van der Waals surface area contributed by atoms with E-state index in [4.69, 9.17) is 4.74 Å². The highest BCUT2D eigenvalue weighted by Gasteiger charge is 2.18. The maximum atomic E-state index is 5.42. The van der Waals surface area contributed by atoms with Gasteiger partial charge in [0.1, 0.15) is 5.75 Å². The predicted molar refractivity (Wildman–Crippen MR) is 77.8 cm³/mol. The average Bonchev–Trinajstić information content (AvgIpc) is 2.85. The summed E-state index contributed by atoms with van der Waals surface area (Å²) in [6.45, 7) is 5.03. The van der Waals surface area contributed by atoms with Crippen LogP contribution in [-0.4, -0.2) is 23.2 Å². The van der Waals surface area contributed by atoms with Crippen LogP contribution in [-0.2, 0) is 6.42 Å². The lowest BCUT2D eigenvalue weighted by molar-refractivity contribution is 0.406. The molecule has 5 heteroatoms. The summed E-state index contributed by atoms with van der Waals surface area (Å²) in [4.78, 5) is 1.20. The summed E-state index contributed by atoms with van der Waals surface area (Å²) in [5.41, 5.74) is 2.20. The van der Waals surface area contributed by atoms with Gasteiger partial charge in [0.25, 0.3) is 0 Å². The molecule has 0 aliphatic rings. The number of para-hydroxylation sites is 1. The molecule has 0 saturated carbocycles. The predicted octanol–water partition coefficient (Wildman–Crippen LogP) is 2.75. The Morgan fingerprint density at radius 1 is 1.37 bits per heavy atom. The number of ether oxygens (including phenoxy) is 1. The number of aromatic nitrogens is 2. The molecule has 102 valence electrons. The Bertz CT molecular complexity index is 527. The van der Waals surface area contributed by atoms with Crippen LogP contribution in [0.25, 0.3) is 0 Å². The van der Waals surface area contributed by atoms with Crippen LogP contribution in [0.5, 0.6) is 5.75 Å². The monoisotopic (exact) mass is 277 g/mol. The Balaban J connectivity index is 2.24. The number of hydrogen-bond acceptors (Lipinski definition) is 5. The number of aryl methyl sites for hydroxylation is 1. The van der Waals surface area contributed by atoms with E-state index in [1.807, 2.05) is 25.1 Å². The lowest BCUT2D eigenvalue weighted by atomic mass is 10.0. The van der Waals surface area contributed by atoms with Crippen LogP contribution < -0.4 is 10.1 Å². The van der Waals surface area contributed by atoms with Gasteiger partial charge in [-0.3, -0.25) is 0 Å². The molecule has 1 aromatic heterocycles. The van der Waals surface area contributed by atoms with E-state index >= 15 is 0 Å². The minimum atomic E-state index is 0.237. The molecule has 2 rings (SSSR count). The number of likely N-dealkylation sites (N-methyl/N-ethyl adjacent to an activating group) is 1. The Morgan fingerprint density at radius 2 is 2.16 bits per heavy atom. The number of benzene rings is 1. The van der Waals surface area contributed by atoms with Gasteiger partial charge in [-0.2, -0.15) is 0 Å². The van der Waals surface area contributed by atoms with Crippen LogP contribution in [0.4, 0.5) is 0 Å². The highest BCUT2D eigenvalue weighted by molar-refractivity contribution is 7.05. The summed E-state index contributed by atoms with van der Waals surface area (Å²) in [5.74, 6) is 0.931. The summed E-state index contributed by atoms with van der Waals surface area (Å²) in [5, 5.41) is 7.60. The molecule has 0 saturated heterocycles. The summed E-state index contributed by atoms with van der Waals surface area (Å²) in [6.07, 6.45) is 0.878. The number of nitrogens with one attached hydrogen (secondary N) is 1. The van der Waals surface area contributed by atoms with Crippen LogP contribution >= 0.6 is 11.5 Å². The van der Waals surface area contributed by atoms with Gasteiger partial charge in [0.05, 0.1) is 17.7 Å². The zero-order valence-corrected chi connectivity index (χ0v) is 12.3. The first kappa shape index (κ1) is 14.0. The lowest BCUT2D eigenvalue weighted by Crippen LogP contribution is -2.23. The second kappa shape index (κ2) is 6.63. The highest BCUT2D eigenvalue weighted by atomic mass is 32.1. The molecule has 0 aliphatic heterocycles. The molecular weight excluding hydrogens is 258 g/mol. The fourth-order valence-electron chi connectivity index (χ4n) is 2.15. The molecule has 2 aromatic rings. The third-order valence-corrected chi connectivity index (χ3v) is 4.01. The molecule has 0 fully saturated rings. The Hall–Kier alpha value is -1.46. The zero-order valence-electron chi connectivity index (χ0n) is 11.5. The first-order chi connectivity index (χ1) is 9.26. The number of hydrogen-bond donors (Lipinski definition) is 1. The smallest absolute Gasteiger partial charge is 0.122 e. The number of methoxy groups -OCH3 is 1. The van der Waals surface area contributed by atoms with E-state index in [1.165, 1.54) is 22.0 Å². The quantitative estimate of drug-likeness (QED) is 0.882. The summed E-state index contributed by atoms with van der Waals surface area (Å²) in [7, 11) is 1.71. The van der Waals surface area contributed by atoms with E-state index in [2.05, 4.69) is 27.9 Å². The summed E-state index contributed by atoms with van der Waals surface area (Å²) in [6, 6.07) is 8.37. The Labute approximate surface area is 118 Å². The molecule has 1 aromatic carbocycles. The van der Waals surface area contributed by atoms with E-state index in [0.29, 0.717) is 0 Å². The molecule has 1 N–H and O–H groups in total. The molecule has 0 spiro atoms. The molecule has 1 atom stereocenters. The van der Waals surface area contributed by atoms with Crippen molar-refractivity contribution >= 4 is 11.5 Å². The van der Waals surface area contributed by atoms with Crippen LogP contribution in [0.15, 0.2) is 24.3 Å². The molecular formula is C14H19N3OS. The van der Waals surface area contributed by atoms with Gasteiger partial charge in [-0.25, -0.2) is 0 Å². The maximum absolute atomic E-state index is 5.42. The molecule has 0 bridgehead atoms. The SMILES string of the molecule is CCNC(Cc1ccccc1OC)c1snnc1C. The van der Waals surface area contributed by atoms with Crippen molar-refractivity contribution in [3.05, 3.63) is 40.4 Å². The first-order valence-electron chi connectivity index (χ1n) is 6.40. The minimum absolute atomic E-state index is 0.237. The molecule has 0 amide bonds. The van der Waals surface area contributed by atoms with Crippen molar-refractivity contribution in [2.45, 2.75) is 26.3 Å². The van der Waals surface area contributed by atoms with E-state index in [9.17, 15) is 0 Å². The van der Waals surface area contributed by atoms with Gasteiger partial charge in [0.2, 0.25) is 0 Å². The van der Waals surface area contributed by atoms with Crippen LogP contribution in [0, 0.1) is 6.92 Å². The van der Waals surface area contributed by atoms with Crippen molar-refractivity contribution < 1.29 is 4.74 Å². The minimum Gasteiger partial charge on any atom is -0.496 e. The first-order valence-corrected chi connectivity index (χ1v) is 7.17. The molecule has 4 nitrogen and oxygen atoms in total. The van der Waals surface area contributed by atoms with Crippen LogP contribution in [0.1, 0.15) is 29.1 Å². The van der Waals surface area contributed by atoms with E-state index < -0.39 is 0 Å². The second-order valence-electron chi connectivity index (χ2n) is 4.35. The molecule has 19 heavy (non-hydrogen) atoms. The van der Waals surface area contributed by atoms with Crippen LogP contribution in [0.3, 0.4) is 0 Å². The average molecular weight is 277 g/mol. The molecule has 0 radical (unpaired) electrons. The van der Waals surface area contributed by atoms with Gasteiger partial charge >= 0.3 is 0 Å². The van der Waals surface area contributed by atoms with Gasteiger partial charge in [0, 0.05) is 6.04 Å². The van der Waals surface area contributed by atoms with E-state index in [-0.39, 0.29) is 6.04 Å². The largest absolute Gasteiger partial charge is 0.496 e. The standard InChI is InChI=1S/C14H19N3OS/c1-4-15-12(14-10(2)16-17-19-14)9-11-7-5-6-8-13(11)18-3/h5-8,12,15H,4,9H2,1-3H3. The Morgan fingerprint density at radius 3 is 2.79 bits per heavy atom. The summed E-state index contributed by atoms with van der Waals surface area (Å²) >= 11 is 1.47. The van der Waals surface area contributed by atoms with Gasteiger partial charge in [-0.05, 0) is 43.1 Å². The van der Waals surface area contributed by atoms with Gasteiger partial charge in [-0.15, -0.1) is 5.10 Å². The lowest BCUT2D eigenvalue weighted by Gasteiger charge is -2.18. The zero-order chi connectivity index (χ0) is 13.7. The summed E-state index contributed by atoms with van der Waals surface area (Å²) < 4.78 is 9.45. The van der Waals surface area contributed by atoms with Crippen molar-refractivity contribution in [1.29, 1.82) is 0 Å². The third kappa shape index (κ3) is 3.30. The van der Waals surface area contributed by atoms with Crippen molar-refractivity contribution in [1.82, 2.24) is 14.9 Å². The highest BCUT2D eigenvalue weighted by Crippen LogP contribution is 2.27. The fourth-order valence-corrected chi connectivity index (χ4v) is 2.87. The number of nitrogens with zero attached hydrogens (tertiary/aromatic N) is 2. The second-order valence-corrected chi connectivity index (χ2v) is 5.13. The van der Waals surface area contributed by atoms with E-state index in [0.717, 1.165) is 24.4 Å². The van der Waals surface area contributed by atoms with Crippen molar-refractivity contribution in [3.63, 3.8) is 0 Å². The van der Waals surface area contributed by atoms with Crippen LogP contribution in [0.2, 0.25) is 0 Å². The third-order valence-electron chi connectivity index (χ3n) is 3.07. The van der Waals surface area contributed by atoms with Gasteiger partial charge < -0.3 is 10.1 Å². The fraction of sp³-hybridized carbons (Fsp3) is 0.429. The molecule has 1 heterocycles. The van der Waals surface area contributed by atoms with Crippen molar-refractivity contribution in [2.24, 2.45) is 0 Å². The van der Waals surface area contributed by atoms with E-state index in [1.54, 1.807) is 7.11 Å². The Kier molecular flexibility index (Phi) is 4.87. The van der Waals surface area contributed by atoms with Gasteiger partial charge in [0.15, 0.2) is 0 Å². The molecule has 0 aliphatic carbocycles. The molecule has 1 unspecified atom stereocenters. The topological polar surface area (TPSA) is 47.0 Å². The van der Waals surface area contributed by atoms with Gasteiger partial charge in [-0.1, -0.05) is 29.6 Å². The number of rotatable bonds is 6. The maximum Gasteiger partial charge on any atom is 0.122 e. The normalized spacial score (nSPS) is 12.4. The van der Waals surface area contributed by atoms with Crippen molar-refractivity contribution in [3.8, 4) is 5.75 Å². The van der Waals surface area contributed by atoms with Crippen molar-refractivity contribution in [2.75, 3.05) is 13.7 Å².